The number of hydrogen-bond acceptors (Lipinski definition) is 7. The second-order valence-corrected chi connectivity index (χ2v) is 7.77. The third-order valence-electron chi connectivity index (χ3n) is 4.24. The van der Waals surface area contributed by atoms with Gasteiger partial charge in [-0.2, -0.15) is 5.26 Å². The first kappa shape index (κ1) is 22.0. The van der Waals surface area contributed by atoms with Gasteiger partial charge >= 0.3 is 5.97 Å². The van der Waals surface area contributed by atoms with Crippen LogP contribution in [0.4, 0.5) is 5.69 Å². The third-order valence-corrected chi connectivity index (χ3v) is 5.13. The topological polar surface area (TPSA) is 101 Å². The number of aromatic nitrogens is 1. The molecule has 0 saturated carbocycles. The van der Waals surface area contributed by atoms with E-state index in [1.807, 2.05) is 37.3 Å². The van der Waals surface area contributed by atoms with Gasteiger partial charge in [-0.25, -0.2) is 9.78 Å². The lowest BCUT2D eigenvalue weighted by atomic mass is 10.2. The molecule has 1 N–H and O–H groups in total. The number of carbonyl (C=O) groups excluding carboxylic acids is 2. The summed E-state index contributed by atoms with van der Waals surface area (Å²) < 4.78 is 10.8. The molecule has 1 aromatic heterocycles. The number of thiazole rings is 1. The van der Waals surface area contributed by atoms with E-state index in [0.29, 0.717) is 22.0 Å². The number of amides is 1. The number of benzene rings is 2. The van der Waals surface area contributed by atoms with Crippen LogP contribution in [0.15, 0.2) is 53.9 Å². The number of nitrogens with one attached hydrogen (secondary N) is 1. The Hall–Kier alpha value is -3.70. The molecule has 8 heteroatoms. The van der Waals surface area contributed by atoms with Gasteiger partial charge in [0.1, 0.15) is 17.4 Å². The maximum absolute atomic E-state index is 12.2. The fraction of sp³-hybridized carbons (Fsp3) is 0.217. The molecule has 3 rings (SSSR count). The van der Waals surface area contributed by atoms with Gasteiger partial charge in [0.2, 0.25) is 5.91 Å². The molecule has 0 radical (unpaired) electrons. The Morgan fingerprint density at radius 3 is 2.55 bits per heavy atom. The number of ether oxygens (including phenoxy) is 2. The predicted molar refractivity (Wildman–Crippen MR) is 117 cm³/mol. The van der Waals surface area contributed by atoms with E-state index in [1.54, 1.807) is 36.6 Å². The molecule has 2 aromatic carbocycles. The molecule has 1 unspecified atom stereocenters. The molecular weight excluding hydrogens is 414 g/mol. The summed E-state index contributed by atoms with van der Waals surface area (Å²) in [7, 11) is 0. The van der Waals surface area contributed by atoms with Crippen molar-refractivity contribution in [2.45, 2.75) is 33.0 Å². The summed E-state index contributed by atoms with van der Waals surface area (Å²) >= 11 is 1.34. The summed E-state index contributed by atoms with van der Waals surface area (Å²) in [6.07, 6.45) is -0.670. The summed E-state index contributed by atoms with van der Waals surface area (Å²) in [5.74, 6) is -0.221. The van der Waals surface area contributed by atoms with Gasteiger partial charge in [-0.05, 0) is 50.2 Å². The zero-order chi connectivity index (χ0) is 22.2. The van der Waals surface area contributed by atoms with E-state index in [4.69, 9.17) is 14.7 Å². The van der Waals surface area contributed by atoms with Crippen LogP contribution >= 0.6 is 11.3 Å². The van der Waals surface area contributed by atoms with E-state index < -0.39 is 12.1 Å². The minimum atomic E-state index is -0.814. The summed E-state index contributed by atoms with van der Waals surface area (Å²) in [5.41, 5.74) is 2.93. The molecule has 1 heterocycles. The fourth-order valence-electron chi connectivity index (χ4n) is 2.60. The Kier molecular flexibility index (Phi) is 7.35. The molecule has 0 bridgehead atoms. The van der Waals surface area contributed by atoms with Crippen LogP contribution in [0.25, 0.3) is 0 Å². The van der Waals surface area contributed by atoms with Gasteiger partial charge in [-0.1, -0.05) is 17.7 Å². The van der Waals surface area contributed by atoms with Crippen LogP contribution < -0.4 is 10.1 Å². The number of rotatable bonds is 8. The number of hydrogen-bond donors (Lipinski definition) is 1. The van der Waals surface area contributed by atoms with E-state index >= 15 is 0 Å². The van der Waals surface area contributed by atoms with Crippen LogP contribution in [-0.2, 0) is 27.4 Å². The molecule has 0 aliphatic rings. The lowest BCUT2D eigenvalue weighted by Gasteiger charge is -2.13. The molecule has 31 heavy (non-hydrogen) atoms. The first-order chi connectivity index (χ1) is 14.9. The smallest absolute Gasteiger partial charge is 0.347 e. The van der Waals surface area contributed by atoms with Crippen LogP contribution in [0.5, 0.6) is 5.75 Å². The standard InChI is InChI=1S/C23H21N3O4S/c1-15-3-7-18(8-4-15)25-21(27)11-22-26-19(14-31-22)13-29-23(28)16(2)30-20-9-5-17(12-24)6-10-20/h3-10,14,16H,11,13H2,1-2H3,(H,25,27). The van der Waals surface area contributed by atoms with Crippen molar-refractivity contribution in [3.63, 3.8) is 0 Å². The minimum absolute atomic E-state index is 0.00398. The molecule has 0 fully saturated rings. The SMILES string of the molecule is Cc1ccc(NC(=O)Cc2nc(COC(=O)C(C)Oc3ccc(C#N)cc3)cs2)cc1. The van der Waals surface area contributed by atoms with Crippen LogP contribution in [-0.4, -0.2) is 23.0 Å². The van der Waals surface area contributed by atoms with Crippen LogP contribution in [0.1, 0.15) is 28.8 Å². The Labute approximate surface area is 184 Å². The van der Waals surface area contributed by atoms with Gasteiger partial charge in [0.25, 0.3) is 0 Å². The van der Waals surface area contributed by atoms with Gasteiger partial charge in [0, 0.05) is 11.1 Å². The summed E-state index contributed by atoms with van der Waals surface area (Å²) in [6.45, 7) is 3.56. The number of nitriles is 1. The largest absolute Gasteiger partial charge is 0.479 e. The van der Waals surface area contributed by atoms with Crippen molar-refractivity contribution < 1.29 is 19.1 Å². The maximum atomic E-state index is 12.2. The van der Waals surface area contributed by atoms with Crippen molar-refractivity contribution in [1.29, 1.82) is 5.26 Å². The summed E-state index contributed by atoms with van der Waals surface area (Å²) in [5, 5.41) is 14.0. The lowest BCUT2D eigenvalue weighted by molar-refractivity contribution is -0.152. The number of anilines is 1. The molecule has 0 saturated heterocycles. The maximum Gasteiger partial charge on any atom is 0.347 e. The Morgan fingerprint density at radius 1 is 1.16 bits per heavy atom. The lowest BCUT2D eigenvalue weighted by Crippen LogP contribution is -2.26. The van der Waals surface area contributed by atoms with E-state index in [1.165, 1.54) is 11.3 Å². The second kappa shape index (κ2) is 10.4. The zero-order valence-electron chi connectivity index (χ0n) is 17.1. The molecule has 1 atom stereocenters. The van der Waals surface area contributed by atoms with Crippen LogP contribution in [0, 0.1) is 18.3 Å². The molecule has 158 valence electrons. The van der Waals surface area contributed by atoms with Crippen molar-refractivity contribution in [2.24, 2.45) is 0 Å². The normalized spacial score (nSPS) is 11.3. The Morgan fingerprint density at radius 2 is 1.87 bits per heavy atom. The highest BCUT2D eigenvalue weighted by Gasteiger charge is 2.17. The van der Waals surface area contributed by atoms with Crippen molar-refractivity contribution in [3.8, 4) is 11.8 Å². The summed E-state index contributed by atoms with van der Waals surface area (Å²) in [4.78, 5) is 28.7. The first-order valence-corrected chi connectivity index (χ1v) is 10.4. The minimum Gasteiger partial charge on any atom is -0.479 e. The van der Waals surface area contributed by atoms with Gasteiger partial charge < -0.3 is 14.8 Å². The van der Waals surface area contributed by atoms with Gasteiger partial charge in [-0.15, -0.1) is 11.3 Å². The van der Waals surface area contributed by atoms with Crippen molar-refractivity contribution >= 4 is 28.9 Å². The van der Waals surface area contributed by atoms with Crippen molar-refractivity contribution in [2.75, 3.05) is 5.32 Å². The summed E-state index contributed by atoms with van der Waals surface area (Å²) in [6, 6.07) is 16.0. The first-order valence-electron chi connectivity index (χ1n) is 9.56. The molecular formula is C23H21N3O4S. The molecule has 0 aliphatic carbocycles. The number of carbonyl (C=O) groups is 2. The number of esters is 1. The number of nitrogens with zero attached hydrogens (tertiary/aromatic N) is 2. The average Bonchev–Trinajstić information content (AvgIpc) is 3.21. The molecule has 0 aliphatic heterocycles. The van der Waals surface area contributed by atoms with Crippen LogP contribution in [0.2, 0.25) is 0 Å². The third kappa shape index (κ3) is 6.66. The quantitative estimate of drug-likeness (QED) is 0.537. The van der Waals surface area contributed by atoms with Gasteiger partial charge in [0.05, 0.1) is 23.7 Å². The highest BCUT2D eigenvalue weighted by atomic mass is 32.1. The van der Waals surface area contributed by atoms with E-state index in [-0.39, 0.29) is 18.9 Å². The Bertz CT molecular complexity index is 1090. The Balaban J connectivity index is 1.45. The van der Waals surface area contributed by atoms with Crippen molar-refractivity contribution in [1.82, 2.24) is 4.98 Å². The van der Waals surface area contributed by atoms with E-state index in [0.717, 1.165) is 11.3 Å². The second-order valence-electron chi connectivity index (χ2n) is 6.83. The van der Waals surface area contributed by atoms with Gasteiger partial charge in [0.15, 0.2) is 6.10 Å². The zero-order valence-corrected chi connectivity index (χ0v) is 17.9. The average molecular weight is 436 g/mol. The fourth-order valence-corrected chi connectivity index (χ4v) is 3.38. The van der Waals surface area contributed by atoms with E-state index in [9.17, 15) is 9.59 Å². The number of aryl methyl sites for hydroxylation is 1. The molecule has 7 nitrogen and oxygen atoms in total. The highest BCUT2D eigenvalue weighted by Crippen LogP contribution is 2.16. The molecule has 3 aromatic rings. The molecule has 1 amide bonds. The van der Waals surface area contributed by atoms with Gasteiger partial charge in [-0.3, -0.25) is 4.79 Å². The predicted octanol–water partition coefficient (Wildman–Crippen LogP) is 4.02. The monoisotopic (exact) mass is 435 g/mol. The molecule has 0 spiro atoms. The van der Waals surface area contributed by atoms with E-state index in [2.05, 4.69) is 10.3 Å². The highest BCUT2D eigenvalue weighted by molar-refractivity contribution is 7.09. The van der Waals surface area contributed by atoms with Crippen molar-refractivity contribution in [3.05, 3.63) is 75.7 Å². The van der Waals surface area contributed by atoms with Crippen LogP contribution in [0.3, 0.4) is 0 Å².